The van der Waals surface area contributed by atoms with Crippen LogP contribution in [0, 0.1) is 0 Å². The van der Waals surface area contributed by atoms with E-state index in [0.717, 1.165) is 0 Å². The molecule has 0 fully saturated rings. The van der Waals surface area contributed by atoms with Gasteiger partial charge in [-0.25, -0.2) is 4.79 Å². The van der Waals surface area contributed by atoms with Gasteiger partial charge >= 0.3 is 5.97 Å². The molecule has 0 aromatic heterocycles. The van der Waals surface area contributed by atoms with Crippen molar-refractivity contribution in [1.29, 1.82) is 0 Å². The van der Waals surface area contributed by atoms with Gasteiger partial charge in [-0.1, -0.05) is 0 Å². The fraction of sp³-hybridized carbons (Fsp3) is 0.875. The SMILES string of the molecule is CC(C)[S+](CC(=O)O)C(C)C. The maximum atomic E-state index is 10.4. The Bertz CT molecular complexity index is 124. The summed E-state index contributed by atoms with van der Waals surface area (Å²) < 4.78 is 0. The minimum Gasteiger partial charge on any atom is -0.478 e. The highest BCUT2D eigenvalue weighted by Crippen LogP contribution is 2.12. The second-order valence-corrected chi connectivity index (χ2v) is 6.22. The van der Waals surface area contributed by atoms with Crippen LogP contribution in [0.3, 0.4) is 0 Å². The number of aliphatic carboxylic acids is 1. The summed E-state index contributed by atoms with van der Waals surface area (Å²) in [7, 11) is 0.0424. The van der Waals surface area contributed by atoms with Gasteiger partial charge in [-0.2, -0.15) is 0 Å². The maximum absolute atomic E-state index is 10.4. The average Bonchev–Trinajstić information content (AvgIpc) is 1.81. The Kier molecular flexibility index (Phi) is 4.57. The number of hydrogen-bond acceptors (Lipinski definition) is 1. The van der Waals surface area contributed by atoms with Gasteiger partial charge in [0.25, 0.3) is 0 Å². The zero-order valence-electron chi connectivity index (χ0n) is 7.63. The first-order chi connectivity index (χ1) is 4.95. The summed E-state index contributed by atoms with van der Waals surface area (Å²) in [6, 6.07) is 0. The van der Waals surface area contributed by atoms with Gasteiger partial charge in [0.1, 0.15) is 10.5 Å². The van der Waals surface area contributed by atoms with Gasteiger partial charge in [0.05, 0.1) is 0 Å². The average molecular weight is 177 g/mol. The van der Waals surface area contributed by atoms with Crippen LogP contribution in [0.5, 0.6) is 0 Å². The number of carbonyl (C=O) groups is 1. The molecule has 0 aliphatic heterocycles. The van der Waals surface area contributed by atoms with E-state index >= 15 is 0 Å². The molecule has 0 aromatic carbocycles. The van der Waals surface area contributed by atoms with Gasteiger partial charge in [-0.05, 0) is 27.7 Å². The van der Waals surface area contributed by atoms with E-state index in [1.165, 1.54) is 0 Å². The topological polar surface area (TPSA) is 37.3 Å². The summed E-state index contributed by atoms with van der Waals surface area (Å²) in [4.78, 5) is 10.4. The summed E-state index contributed by atoms with van der Waals surface area (Å²) in [6.07, 6.45) is 0. The third-order valence-corrected chi connectivity index (χ3v) is 4.50. The maximum Gasteiger partial charge on any atom is 0.353 e. The molecular formula is C8H17O2S+. The van der Waals surface area contributed by atoms with E-state index in [4.69, 9.17) is 5.11 Å². The molecule has 0 aliphatic carbocycles. The van der Waals surface area contributed by atoms with Crippen molar-refractivity contribution in [3.8, 4) is 0 Å². The third kappa shape index (κ3) is 4.30. The van der Waals surface area contributed by atoms with Crippen molar-refractivity contribution in [2.45, 2.75) is 38.2 Å². The predicted octanol–water partition coefficient (Wildman–Crippen LogP) is 1.51. The van der Waals surface area contributed by atoms with E-state index in [-0.39, 0.29) is 10.9 Å². The van der Waals surface area contributed by atoms with E-state index in [0.29, 0.717) is 16.3 Å². The first-order valence-corrected chi connectivity index (χ1v) is 5.37. The Labute approximate surface area is 71.3 Å². The highest BCUT2D eigenvalue weighted by molar-refractivity contribution is 7.98. The number of carboxylic acids is 1. The van der Waals surface area contributed by atoms with Crippen LogP contribution in [0.25, 0.3) is 0 Å². The van der Waals surface area contributed by atoms with Crippen LogP contribution < -0.4 is 0 Å². The van der Waals surface area contributed by atoms with Gasteiger partial charge < -0.3 is 5.11 Å². The van der Waals surface area contributed by atoms with Crippen molar-refractivity contribution >= 4 is 16.9 Å². The van der Waals surface area contributed by atoms with E-state index in [9.17, 15) is 4.79 Å². The largest absolute Gasteiger partial charge is 0.478 e. The molecule has 0 bridgehead atoms. The standard InChI is InChI=1S/C8H16O2S/c1-6(2)11(7(3)4)5-8(9)10/h6-7H,5H2,1-4H3/p+1. The lowest BCUT2D eigenvalue weighted by Gasteiger charge is -2.13. The fourth-order valence-electron chi connectivity index (χ4n) is 1.02. The van der Waals surface area contributed by atoms with E-state index in [1.54, 1.807) is 0 Å². The van der Waals surface area contributed by atoms with Crippen molar-refractivity contribution < 1.29 is 9.90 Å². The molecule has 11 heavy (non-hydrogen) atoms. The Balaban J connectivity index is 4.00. The number of hydrogen-bond donors (Lipinski definition) is 1. The van der Waals surface area contributed by atoms with Crippen LogP contribution in [0.1, 0.15) is 27.7 Å². The molecule has 2 nitrogen and oxygen atoms in total. The van der Waals surface area contributed by atoms with Crippen LogP contribution >= 0.6 is 0 Å². The first-order valence-electron chi connectivity index (χ1n) is 3.85. The molecule has 1 N–H and O–H groups in total. The van der Waals surface area contributed by atoms with Crippen LogP contribution in [-0.4, -0.2) is 27.3 Å². The molecular weight excluding hydrogens is 160 g/mol. The van der Waals surface area contributed by atoms with Gasteiger partial charge in [0, 0.05) is 10.9 Å². The van der Waals surface area contributed by atoms with E-state index in [1.807, 2.05) is 0 Å². The van der Waals surface area contributed by atoms with Gasteiger partial charge in [-0.15, -0.1) is 0 Å². The Morgan fingerprint density at radius 2 is 1.64 bits per heavy atom. The minimum absolute atomic E-state index is 0.0424. The summed E-state index contributed by atoms with van der Waals surface area (Å²) in [6.45, 7) is 8.36. The third-order valence-electron chi connectivity index (χ3n) is 1.50. The molecule has 0 amide bonds. The monoisotopic (exact) mass is 177 g/mol. The molecule has 0 saturated heterocycles. The molecule has 0 atom stereocenters. The van der Waals surface area contributed by atoms with Crippen LogP contribution in [0.15, 0.2) is 0 Å². The number of rotatable bonds is 4. The first kappa shape index (κ1) is 10.8. The highest BCUT2D eigenvalue weighted by Gasteiger charge is 2.29. The molecule has 0 radical (unpaired) electrons. The van der Waals surface area contributed by atoms with Crippen LogP contribution in [0.4, 0.5) is 0 Å². The van der Waals surface area contributed by atoms with Crippen molar-refractivity contribution in [1.82, 2.24) is 0 Å². The minimum atomic E-state index is -0.671. The summed E-state index contributed by atoms with van der Waals surface area (Å²) in [5, 5.41) is 9.57. The normalized spacial score (nSPS) is 11.5. The summed E-state index contributed by atoms with van der Waals surface area (Å²) in [5.41, 5.74) is 0. The zero-order valence-corrected chi connectivity index (χ0v) is 8.44. The Morgan fingerprint density at radius 3 is 1.73 bits per heavy atom. The van der Waals surface area contributed by atoms with Crippen molar-refractivity contribution in [2.24, 2.45) is 0 Å². The van der Waals surface area contributed by atoms with E-state index in [2.05, 4.69) is 27.7 Å². The summed E-state index contributed by atoms with van der Waals surface area (Å²) >= 11 is 0. The predicted molar refractivity (Wildman–Crippen MR) is 50.1 cm³/mol. The van der Waals surface area contributed by atoms with Crippen LogP contribution in [-0.2, 0) is 15.7 Å². The van der Waals surface area contributed by atoms with Crippen LogP contribution in [0.2, 0.25) is 0 Å². The molecule has 0 aromatic rings. The number of carboxylic acid groups (broad SMARTS) is 1. The fourth-order valence-corrected chi connectivity index (χ4v) is 3.06. The van der Waals surface area contributed by atoms with Gasteiger partial charge in [0.2, 0.25) is 5.75 Å². The van der Waals surface area contributed by atoms with Crippen molar-refractivity contribution in [2.75, 3.05) is 5.75 Å². The summed E-state index contributed by atoms with van der Waals surface area (Å²) in [5.74, 6) is -0.342. The molecule has 3 heteroatoms. The lowest BCUT2D eigenvalue weighted by atomic mass is 10.5. The lowest BCUT2D eigenvalue weighted by Crippen LogP contribution is -2.31. The van der Waals surface area contributed by atoms with Crippen molar-refractivity contribution in [3.05, 3.63) is 0 Å². The van der Waals surface area contributed by atoms with Gasteiger partial charge in [-0.3, -0.25) is 0 Å². The molecule has 0 heterocycles. The molecule has 0 saturated carbocycles. The van der Waals surface area contributed by atoms with Gasteiger partial charge in [0.15, 0.2) is 0 Å². The molecule has 0 spiro atoms. The van der Waals surface area contributed by atoms with E-state index < -0.39 is 5.97 Å². The second-order valence-electron chi connectivity index (χ2n) is 3.11. The lowest BCUT2D eigenvalue weighted by molar-refractivity contribution is -0.134. The zero-order chi connectivity index (χ0) is 9.02. The molecule has 0 aliphatic rings. The Hall–Kier alpha value is -0.180. The molecule has 0 unspecified atom stereocenters. The second kappa shape index (κ2) is 4.65. The Morgan fingerprint density at radius 1 is 1.27 bits per heavy atom. The molecule has 66 valence electrons. The van der Waals surface area contributed by atoms with Crippen molar-refractivity contribution in [3.63, 3.8) is 0 Å². The quantitative estimate of drug-likeness (QED) is 0.661. The highest BCUT2D eigenvalue weighted by atomic mass is 32.2. The molecule has 0 rings (SSSR count). The smallest absolute Gasteiger partial charge is 0.353 e.